The van der Waals surface area contributed by atoms with E-state index < -0.39 is 11.8 Å². The lowest BCUT2D eigenvalue weighted by atomic mass is 9.93. The molecule has 0 fully saturated rings. The van der Waals surface area contributed by atoms with Gasteiger partial charge in [-0.1, -0.05) is 41.9 Å². The zero-order chi connectivity index (χ0) is 14.4. The van der Waals surface area contributed by atoms with Crippen molar-refractivity contribution in [3.05, 3.63) is 33.8 Å². The summed E-state index contributed by atoms with van der Waals surface area (Å²) in [6.07, 6.45) is 2.08. The standard InChI is InChI=1S/C15H19BrO3/c1-4-10(5-2)12-8-7-11(9-13(12)16)14(17)15(18)19-6-3/h7-10H,4-6H2,1-3H3. The fraction of sp³-hybridized carbons (Fsp3) is 0.467. The Bertz CT molecular complexity index is 464. The highest BCUT2D eigenvalue weighted by Crippen LogP contribution is 2.30. The molecule has 0 spiro atoms. The molecule has 0 aromatic heterocycles. The highest BCUT2D eigenvalue weighted by Gasteiger charge is 2.19. The number of esters is 1. The van der Waals surface area contributed by atoms with Gasteiger partial charge in [0, 0.05) is 10.0 Å². The smallest absolute Gasteiger partial charge is 0.379 e. The Kier molecular flexibility index (Phi) is 6.22. The first-order valence-electron chi connectivity index (χ1n) is 6.55. The lowest BCUT2D eigenvalue weighted by Gasteiger charge is -2.15. The van der Waals surface area contributed by atoms with Crippen LogP contribution in [-0.2, 0) is 9.53 Å². The maximum Gasteiger partial charge on any atom is 0.379 e. The molecule has 0 amide bonds. The van der Waals surface area contributed by atoms with Gasteiger partial charge in [-0.05, 0) is 37.3 Å². The predicted octanol–water partition coefficient (Wildman–Crippen LogP) is 4.10. The molecule has 0 bridgehead atoms. The zero-order valence-electron chi connectivity index (χ0n) is 11.5. The molecule has 4 heteroatoms. The van der Waals surface area contributed by atoms with Crippen LogP contribution in [0.3, 0.4) is 0 Å². The number of halogens is 1. The summed E-state index contributed by atoms with van der Waals surface area (Å²) < 4.78 is 5.59. The normalized spacial score (nSPS) is 10.6. The first-order chi connectivity index (χ1) is 9.04. The lowest BCUT2D eigenvalue weighted by Crippen LogP contribution is -2.17. The number of rotatable bonds is 6. The first kappa shape index (κ1) is 15.9. The molecular weight excluding hydrogens is 308 g/mol. The second-order valence-corrected chi connectivity index (χ2v) is 5.15. The van der Waals surface area contributed by atoms with E-state index >= 15 is 0 Å². The topological polar surface area (TPSA) is 43.4 Å². The Labute approximate surface area is 122 Å². The summed E-state index contributed by atoms with van der Waals surface area (Å²) in [4.78, 5) is 23.2. The third-order valence-electron chi connectivity index (χ3n) is 3.15. The summed E-state index contributed by atoms with van der Waals surface area (Å²) in [6.45, 7) is 6.16. The highest BCUT2D eigenvalue weighted by atomic mass is 79.9. The number of ether oxygens (including phenoxy) is 1. The molecule has 3 nitrogen and oxygen atoms in total. The molecule has 0 heterocycles. The van der Waals surface area contributed by atoms with E-state index in [4.69, 9.17) is 4.74 Å². The van der Waals surface area contributed by atoms with E-state index in [1.54, 1.807) is 19.1 Å². The minimum Gasteiger partial charge on any atom is -0.460 e. The van der Waals surface area contributed by atoms with Gasteiger partial charge in [0.1, 0.15) is 0 Å². The number of Topliss-reactive ketones (excluding diaryl/α,β-unsaturated/α-hetero) is 1. The summed E-state index contributed by atoms with van der Waals surface area (Å²) in [5, 5.41) is 0. The number of hydrogen-bond donors (Lipinski definition) is 0. The van der Waals surface area contributed by atoms with Crippen molar-refractivity contribution in [3.8, 4) is 0 Å². The maximum atomic E-state index is 11.8. The van der Waals surface area contributed by atoms with Crippen molar-refractivity contribution in [3.63, 3.8) is 0 Å². The van der Waals surface area contributed by atoms with Crippen molar-refractivity contribution in [2.75, 3.05) is 6.61 Å². The van der Waals surface area contributed by atoms with Crippen LogP contribution in [0.2, 0.25) is 0 Å². The Morgan fingerprint density at radius 3 is 2.32 bits per heavy atom. The Morgan fingerprint density at radius 2 is 1.84 bits per heavy atom. The van der Waals surface area contributed by atoms with Crippen LogP contribution >= 0.6 is 15.9 Å². The minimum atomic E-state index is -0.801. The van der Waals surface area contributed by atoms with Crippen LogP contribution in [-0.4, -0.2) is 18.4 Å². The molecule has 0 aliphatic rings. The minimum absolute atomic E-state index is 0.206. The summed E-state index contributed by atoms with van der Waals surface area (Å²) >= 11 is 3.48. The fourth-order valence-electron chi connectivity index (χ4n) is 2.04. The average Bonchev–Trinajstić information content (AvgIpc) is 2.41. The van der Waals surface area contributed by atoms with E-state index in [1.165, 1.54) is 5.56 Å². The molecule has 1 aromatic carbocycles. The molecule has 0 radical (unpaired) electrons. The van der Waals surface area contributed by atoms with E-state index in [1.807, 2.05) is 6.07 Å². The molecular formula is C15H19BrO3. The zero-order valence-corrected chi connectivity index (χ0v) is 13.1. The van der Waals surface area contributed by atoms with Gasteiger partial charge in [-0.3, -0.25) is 4.79 Å². The molecule has 104 valence electrons. The SMILES string of the molecule is CCOC(=O)C(=O)c1ccc(C(CC)CC)c(Br)c1. The van der Waals surface area contributed by atoms with Crippen LogP contribution in [0.5, 0.6) is 0 Å². The van der Waals surface area contributed by atoms with Gasteiger partial charge in [-0.25, -0.2) is 4.79 Å². The molecule has 0 unspecified atom stereocenters. The van der Waals surface area contributed by atoms with Crippen LogP contribution in [0.4, 0.5) is 0 Å². The molecule has 0 aliphatic carbocycles. The number of ketones is 1. The fourth-order valence-corrected chi connectivity index (χ4v) is 2.74. The van der Waals surface area contributed by atoms with Crippen LogP contribution < -0.4 is 0 Å². The second kappa shape index (κ2) is 7.43. The molecule has 0 atom stereocenters. The second-order valence-electron chi connectivity index (χ2n) is 4.30. The first-order valence-corrected chi connectivity index (χ1v) is 7.35. The summed E-state index contributed by atoms with van der Waals surface area (Å²) in [5.74, 6) is -0.940. The van der Waals surface area contributed by atoms with Crippen molar-refractivity contribution in [1.82, 2.24) is 0 Å². The Balaban J connectivity index is 2.99. The molecule has 0 saturated heterocycles. The van der Waals surface area contributed by atoms with Crippen molar-refractivity contribution in [2.45, 2.75) is 39.5 Å². The lowest BCUT2D eigenvalue weighted by molar-refractivity contribution is -0.137. The van der Waals surface area contributed by atoms with Crippen LogP contribution in [0.25, 0.3) is 0 Å². The molecule has 1 rings (SSSR count). The Hall–Kier alpha value is -1.16. The Morgan fingerprint density at radius 1 is 1.21 bits per heavy atom. The van der Waals surface area contributed by atoms with Gasteiger partial charge < -0.3 is 4.74 Å². The van der Waals surface area contributed by atoms with Crippen molar-refractivity contribution >= 4 is 27.7 Å². The highest BCUT2D eigenvalue weighted by molar-refractivity contribution is 9.10. The quantitative estimate of drug-likeness (QED) is 0.449. The number of hydrogen-bond acceptors (Lipinski definition) is 3. The van der Waals surface area contributed by atoms with Crippen molar-refractivity contribution in [1.29, 1.82) is 0 Å². The summed E-state index contributed by atoms with van der Waals surface area (Å²) in [5.41, 5.74) is 1.53. The van der Waals surface area contributed by atoms with Gasteiger partial charge in [0.2, 0.25) is 0 Å². The van der Waals surface area contributed by atoms with Crippen molar-refractivity contribution in [2.24, 2.45) is 0 Å². The molecule has 1 aromatic rings. The van der Waals surface area contributed by atoms with Gasteiger partial charge in [0.15, 0.2) is 0 Å². The monoisotopic (exact) mass is 326 g/mol. The largest absolute Gasteiger partial charge is 0.460 e. The van der Waals surface area contributed by atoms with Gasteiger partial charge >= 0.3 is 5.97 Å². The third-order valence-corrected chi connectivity index (χ3v) is 3.84. The molecule has 0 N–H and O–H groups in total. The van der Waals surface area contributed by atoms with Gasteiger partial charge in [0.05, 0.1) is 6.61 Å². The number of carbonyl (C=O) groups excluding carboxylic acids is 2. The van der Waals surface area contributed by atoms with E-state index in [2.05, 4.69) is 29.8 Å². The van der Waals surface area contributed by atoms with Crippen LogP contribution in [0.1, 0.15) is 55.5 Å². The predicted molar refractivity (Wildman–Crippen MR) is 78.4 cm³/mol. The van der Waals surface area contributed by atoms with Crippen molar-refractivity contribution < 1.29 is 14.3 Å². The van der Waals surface area contributed by atoms with Gasteiger partial charge in [-0.15, -0.1) is 0 Å². The van der Waals surface area contributed by atoms with E-state index in [-0.39, 0.29) is 6.61 Å². The van der Waals surface area contributed by atoms with Gasteiger partial charge in [0.25, 0.3) is 5.78 Å². The van der Waals surface area contributed by atoms with Crippen LogP contribution in [0, 0.1) is 0 Å². The molecule has 0 aliphatic heterocycles. The molecule has 0 saturated carbocycles. The van der Waals surface area contributed by atoms with E-state index in [9.17, 15) is 9.59 Å². The summed E-state index contributed by atoms with van der Waals surface area (Å²) in [7, 11) is 0. The maximum absolute atomic E-state index is 11.8. The summed E-state index contributed by atoms with van der Waals surface area (Å²) in [6, 6.07) is 5.30. The van der Waals surface area contributed by atoms with Gasteiger partial charge in [-0.2, -0.15) is 0 Å². The number of benzene rings is 1. The average molecular weight is 327 g/mol. The molecule has 19 heavy (non-hydrogen) atoms. The van der Waals surface area contributed by atoms with E-state index in [0.717, 1.165) is 17.3 Å². The van der Waals surface area contributed by atoms with Crippen LogP contribution in [0.15, 0.2) is 22.7 Å². The van der Waals surface area contributed by atoms with E-state index in [0.29, 0.717) is 11.5 Å². The third kappa shape index (κ3) is 3.90. The number of carbonyl (C=O) groups is 2.